The molecule has 0 aliphatic heterocycles. The molecule has 7 heteroatoms. The van der Waals surface area contributed by atoms with E-state index < -0.39 is 18.4 Å². The van der Waals surface area contributed by atoms with Crippen LogP contribution in [-0.2, 0) is 28.5 Å². The van der Waals surface area contributed by atoms with Crippen molar-refractivity contribution in [2.24, 2.45) is 0 Å². The third-order valence-electron chi connectivity index (χ3n) is 8.30. The van der Waals surface area contributed by atoms with Crippen molar-refractivity contribution in [3.8, 4) is 0 Å². The van der Waals surface area contributed by atoms with Crippen LogP contribution in [0.25, 0.3) is 0 Å². The van der Waals surface area contributed by atoms with Gasteiger partial charge in [-0.2, -0.15) is 0 Å². The van der Waals surface area contributed by atoms with Crippen LogP contribution in [-0.4, -0.2) is 51.4 Å². The number of unbranched alkanes of at least 4 members (excludes halogenated alkanes) is 17. The van der Waals surface area contributed by atoms with Gasteiger partial charge in [-0.25, -0.2) is 9.59 Å². The van der Waals surface area contributed by atoms with Crippen molar-refractivity contribution in [2.75, 3.05) is 26.9 Å². The normalized spacial score (nSPS) is 12.4. The van der Waals surface area contributed by atoms with Gasteiger partial charge in [0.1, 0.15) is 6.10 Å². The predicted octanol–water partition coefficient (Wildman–Crippen LogP) is 12.0. The minimum Gasteiger partial charge on any atom is -0.462 e. The molecule has 1 atom stereocenters. The van der Waals surface area contributed by atoms with E-state index >= 15 is 0 Å². The number of ether oxygens (including phenoxy) is 5. The highest BCUT2D eigenvalue weighted by Gasteiger charge is 2.22. The highest BCUT2D eigenvalue weighted by Crippen LogP contribution is 2.16. The molecule has 0 aromatic carbocycles. The lowest BCUT2D eigenvalue weighted by atomic mass is 10.0. The molecule has 0 saturated heterocycles. The summed E-state index contributed by atoms with van der Waals surface area (Å²) in [5.74, 6) is -0.470. The van der Waals surface area contributed by atoms with Gasteiger partial charge in [0.25, 0.3) is 6.29 Å². The largest absolute Gasteiger partial charge is 0.508 e. The summed E-state index contributed by atoms with van der Waals surface area (Å²) in [6.07, 6.45) is 34.8. The molecule has 0 N–H and O–H groups in total. The van der Waals surface area contributed by atoms with Crippen LogP contribution >= 0.6 is 0 Å². The van der Waals surface area contributed by atoms with Crippen LogP contribution in [0.4, 0.5) is 4.79 Å². The monoisotopic (exact) mass is 667 g/mol. The quantitative estimate of drug-likeness (QED) is 0.0288. The number of allylic oxidation sites excluding steroid dienone is 4. The van der Waals surface area contributed by atoms with E-state index in [1.807, 2.05) is 0 Å². The van der Waals surface area contributed by atoms with Gasteiger partial charge in [-0.3, -0.25) is 0 Å². The lowest BCUT2D eigenvalue weighted by molar-refractivity contribution is -0.196. The molecule has 47 heavy (non-hydrogen) atoms. The maximum absolute atomic E-state index is 12.8. The van der Waals surface area contributed by atoms with Crippen molar-refractivity contribution >= 4 is 12.1 Å². The van der Waals surface area contributed by atoms with E-state index in [1.54, 1.807) is 0 Å². The zero-order chi connectivity index (χ0) is 34.5. The van der Waals surface area contributed by atoms with Gasteiger partial charge in [-0.05, 0) is 70.6 Å². The van der Waals surface area contributed by atoms with Gasteiger partial charge in [0, 0.05) is 0 Å². The van der Waals surface area contributed by atoms with Crippen LogP contribution in [0.3, 0.4) is 0 Å². The summed E-state index contributed by atoms with van der Waals surface area (Å²) >= 11 is 0. The molecule has 0 aliphatic rings. The molecule has 0 fully saturated rings. The third kappa shape index (κ3) is 32.5. The Hall–Kier alpha value is -1.86. The van der Waals surface area contributed by atoms with Crippen LogP contribution in [0.1, 0.15) is 181 Å². The van der Waals surface area contributed by atoms with Gasteiger partial charge in [0.2, 0.25) is 0 Å². The van der Waals surface area contributed by atoms with Gasteiger partial charge in [-0.15, -0.1) is 0 Å². The average Bonchev–Trinajstić information content (AvgIpc) is 3.08. The second-order valence-corrected chi connectivity index (χ2v) is 12.8. The first-order valence-corrected chi connectivity index (χ1v) is 19.5. The summed E-state index contributed by atoms with van der Waals surface area (Å²) in [5.41, 5.74) is 0. The molecule has 1 unspecified atom stereocenters. The predicted molar refractivity (Wildman–Crippen MR) is 195 cm³/mol. The summed E-state index contributed by atoms with van der Waals surface area (Å²) < 4.78 is 27.4. The van der Waals surface area contributed by atoms with E-state index in [0.717, 1.165) is 57.8 Å². The number of methoxy groups -OCH3 is 1. The molecule has 0 spiro atoms. The second kappa shape index (κ2) is 37.0. The first kappa shape index (κ1) is 45.1. The summed E-state index contributed by atoms with van der Waals surface area (Å²) in [4.78, 5) is 24.6. The Labute approximate surface area is 289 Å². The fourth-order valence-electron chi connectivity index (χ4n) is 5.33. The van der Waals surface area contributed by atoms with E-state index in [0.29, 0.717) is 26.1 Å². The zero-order valence-corrected chi connectivity index (χ0v) is 31.1. The van der Waals surface area contributed by atoms with E-state index in [4.69, 9.17) is 23.7 Å². The van der Waals surface area contributed by atoms with Crippen molar-refractivity contribution in [2.45, 2.75) is 194 Å². The summed E-state index contributed by atoms with van der Waals surface area (Å²) in [7, 11) is 1.33. The SMILES string of the molecule is CCCCCC=CCC=CCCCCCCCCC(CCCOC(=O)C(OCCCCCCC)OCCCCCCC)OC(=O)OC. The summed E-state index contributed by atoms with van der Waals surface area (Å²) in [6, 6.07) is 0. The third-order valence-corrected chi connectivity index (χ3v) is 8.30. The Morgan fingerprint density at radius 3 is 1.57 bits per heavy atom. The number of rotatable bonds is 35. The molecule has 0 saturated carbocycles. The van der Waals surface area contributed by atoms with Gasteiger partial charge < -0.3 is 23.7 Å². The number of esters is 1. The Morgan fingerprint density at radius 2 is 1.00 bits per heavy atom. The molecule has 0 amide bonds. The fraction of sp³-hybridized carbons (Fsp3) is 0.850. The smallest absolute Gasteiger partial charge is 0.462 e. The second-order valence-electron chi connectivity index (χ2n) is 12.8. The Bertz CT molecular complexity index is 720. The summed E-state index contributed by atoms with van der Waals surface area (Å²) in [5, 5.41) is 0. The van der Waals surface area contributed by atoms with E-state index in [1.165, 1.54) is 97.0 Å². The summed E-state index contributed by atoms with van der Waals surface area (Å²) in [6.45, 7) is 7.84. The Balaban J connectivity index is 4.30. The van der Waals surface area contributed by atoms with Crippen LogP contribution in [0.2, 0.25) is 0 Å². The molecule has 0 heterocycles. The average molecular weight is 667 g/mol. The molecule has 0 bridgehead atoms. The molecule has 0 aliphatic carbocycles. The molecular formula is C40H74O7. The molecule has 0 radical (unpaired) electrons. The zero-order valence-electron chi connectivity index (χ0n) is 31.1. The van der Waals surface area contributed by atoms with Gasteiger partial charge >= 0.3 is 12.1 Å². The van der Waals surface area contributed by atoms with E-state index in [9.17, 15) is 9.59 Å². The molecule has 0 aromatic heterocycles. The number of hydrogen-bond donors (Lipinski definition) is 0. The van der Waals surface area contributed by atoms with Gasteiger partial charge in [0.05, 0.1) is 26.9 Å². The number of carbonyl (C=O) groups is 2. The Kier molecular flexibility index (Phi) is 35.5. The number of hydrogen-bond acceptors (Lipinski definition) is 7. The highest BCUT2D eigenvalue weighted by molar-refractivity contribution is 5.73. The first-order chi connectivity index (χ1) is 23.1. The highest BCUT2D eigenvalue weighted by atomic mass is 16.7. The first-order valence-electron chi connectivity index (χ1n) is 19.5. The lowest BCUT2D eigenvalue weighted by Gasteiger charge is -2.19. The van der Waals surface area contributed by atoms with Crippen molar-refractivity contribution in [3.05, 3.63) is 24.3 Å². The molecule has 0 rings (SSSR count). The fourth-order valence-corrected chi connectivity index (χ4v) is 5.33. The van der Waals surface area contributed by atoms with Crippen LogP contribution in [0.5, 0.6) is 0 Å². The minimum absolute atomic E-state index is 0.236. The maximum atomic E-state index is 12.8. The topological polar surface area (TPSA) is 80.3 Å². The van der Waals surface area contributed by atoms with E-state index in [2.05, 4.69) is 45.1 Å². The maximum Gasteiger partial charge on any atom is 0.508 e. The van der Waals surface area contributed by atoms with Crippen molar-refractivity contribution in [3.63, 3.8) is 0 Å². The van der Waals surface area contributed by atoms with Gasteiger partial charge in [0.15, 0.2) is 0 Å². The number of carbonyl (C=O) groups excluding carboxylic acids is 2. The molecular weight excluding hydrogens is 592 g/mol. The van der Waals surface area contributed by atoms with Gasteiger partial charge in [-0.1, -0.05) is 135 Å². The van der Waals surface area contributed by atoms with Crippen LogP contribution < -0.4 is 0 Å². The molecule has 276 valence electrons. The minimum atomic E-state index is -0.979. The lowest BCUT2D eigenvalue weighted by Crippen LogP contribution is -2.31. The van der Waals surface area contributed by atoms with Crippen LogP contribution in [0, 0.1) is 0 Å². The van der Waals surface area contributed by atoms with Crippen molar-refractivity contribution in [1.29, 1.82) is 0 Å². The Morgan fingerprint density at radius 1 is 0.532 bits per heavy atom. The van der Waals surface area contributed by atoms with Crippen molar-refractivity contribution < 1.29 is 33.3 Å². The van der Waals surface area contributed by atoms with E-state index in [-0.39, 0.29) is 12.7 Å². The van der Waals surface area contributed by atoms with Crippen molar-refractivity contribution in [1.82, 2.24) is 0 Å². The molecule has 7 nitrogen and oxygen atoms in total. The standard InChI is InChI=1S/C40H74O7/c1-5-8-11-14-15-16-17-18-19-20-21-22-23-24-25-28-32-37(47-40(42)43-4)33-31-36-44-38(41)39(45-34-29-26-12-9-6-2)46-35-30-27-13-10-7-3/h15-16,18-19,37,39H,5-14,17,20-36H2,1-4H3. The van der Waals surface area contributed by atoms with Crippen LogP contribution in [0.15, 0.2) is 24.3 Å². The molecule has 0 aromatic rings.